The predicted octanol–water partition coefficient (Wildman–Crippen LogP) is 3.43. The average molecular weight is 315 g/mol. The molecule has 0 radical (unpaired) electrons. The number of nitro benzene ring substituents is 1. The van der Waals surface area contributed by atoms with Crippen molar-refractivity contribution in [2.75, 3.05) is 11.9 Å². The summed E-state index contributed by atoms with van der Waals surface area (Å²) in [5.74, 6) is 0. The summed E-state index contributed by atoms with van der Waals surface area (Å²) in [6.07, 6.45) is 0.884. The maximum Gasteiger partial charge on any atom is 0.269 e. The highest BCUT2D eigenvalue weighted by Gasteiger charge is 2.04. The van der Waals surface area contributed by atoms with E-state index in [0.29, 0.717) is 5.11 Å². The highest BCUT2D eigenvalue weighted by molar-refractivity contribution is 7.80. The lowest BCUT2D eigenvalue weighted by Gasteiger charge is -2.11. The Labute approximate surface area is 134 Å². The van der Waals surface area contributed by atoms with Crippen LogP contribution in [0.4, 0.5) is 11.4 Å². The second kappa shape index (κ2) is 7.51. The first-order valence-corrected chi connectivity index (χ1v) is 7.31. The summed E-state index contributed by atoms with van der Waals surface area (Å²) in [7, 11) is 0. The van der Waals surface area contributed by atoms with E-state index in [1.807, 2.05) is 12.1 Å². The van der Waals surface area contributed by atoms with Crippen LogP contribution in [0.15, 0.2) is 48.5 Å². The number of nitrogens with zero attached hydrogens (tertiary/aromatic N) is 1. The molecule has 2 rings (SSSR count). The number of hydrogen-bond acceptors (Lipinski definition) is 3. The normalized spacial score (nSPS) is 10.0. The summed E-state index contributed by atoms with van der Waals surface area (Å²) in [6, 6.07) is 14.4. The zero-order chi connectivity index (χ0) is 15.9. The average Bonchev–Trinajstić information content (AvgIpc) is 2.50. The highest BCUT2D eigenvalue weighted by atomic mass is 32.1. The topological polar surface area (TPSA) is 67.2 Å². The fraction of sp³-hybridized carbons (Fsp3) is 0.188. The van der Waals surface area contributed by atoms with Crippen molar-refractivity contribution in [1.29, 1.82) is 0 Å². The van der Waals surface area contributed by atoms with Crippen molar-refractivity contribution in [2.45, 2.75) is 13.3 Å². The third-order valence-corrected chi connectivity index (χ3v) is 3.52. The minimum Gasteiger partial charge on any atom is -0.362 e. The molecule has 6 heteroatoms. The standard InChI is InChI=1S/C16H17N3O2S/c1-12-4-2-3-5-13(12)10-11-17-16(22)18-14-6-8-15(9-7-14)19(20)21/h2-9H,10-11H2,1H3,(H2,17,18,22). The summed E-state index contributed by atoms with van der Waals surface area (Å²) in [6.45, 7) is 2.81. The molecule has 114 valence electrons. The van der Waals surface area contributed by atoms with Crippen molar-refractivity contribution in [3.63, 3.8) is 0 Å². The third-order valence-electron chi connectivity index (χ3n) is 3.28. The van der Waals surface area contributed by atoms with Crippen LogP contribution < -0.4 is 10.6 Å². The Morgan fingerprint density at radius 2 is 1.86 bits per heavy atom. The summed E-state index contributed by atoms with van der Waals surface area (Å²) in [4.78, 5) is 10.2. The number of anilines is 1. The minimum atomic E-state index is -0.428. The van der Waals surface area contributed by atoms with Gasteiger partial charge in [0, 0.05) is 24.4 Å². The fourth-order valence-electron chi connectivity index (χ4n) is 2.04. The van der Waals surface area contributed by atoms with Crippen molar-refractivity contribution in [3.8, 4) is 0 Å². The van der Waals surface area contributed by atoms with Crippen molar-refractivity contribution in [3.05, 3.63) is 69.8 Å². The van der Waals surface area contributed by atoms with Crippen LogP contribution in [0.3, 0.4) is 0 Å². The summed E-state index contributed by atoms with van der Waals surface area (Å²) >= 11 is 5.21. The minimum absolute atomic E-state index is 0.0592. The quantitative estimate of drug-likeness (QED) is 0.503. The van der Waals surface area contributed by atoms with Gasteiger partial charge in [0.25, 0.3) is 5.69 Å². The van der Waals surface area contributed by atoms with Crippen LogP contribution in [0.1, 0.15) is 11.1 Å². The summed E-state index contributed by atoms with van der Waals surface area (Å²) < 4.78 is 0. The van der Waals surface area contributed by atoms with E-state index in [1.165, 1.54) is 23.3 Å². The smallest absolute Gasteiger partial charge is 0.269 e. The van der Waals surface area contributed by atoms with Gasteiger partial charge in [-0.2, -0.15) is 0 Å². The summed E-state index contributed by atoms with van der Waals surface area (Å²) in [5, 5.41) is 17.2. The molecule has 0 heterocycles. The molecule has 0 aliphatic carbocycles. The largest absolute Gasteiger partial charge is 0.362 e. The van der Waals surface area contributed by atoms with Gasteiger partial charge in [-0.25, -0.2) is 0 Å². The molecule has 2 aromatic carbocycles. The number of benzene rings is 2. The summed E-state index contributed by atoms with van der Waals surface area (Å²) in [5.41, 5.74) is 3.33. The van der Waals surface area contributed by atoms with Crippen LogP contribution in [0, 0.1) is 17.0 Å². The van der Waals surface area contributed by atoms with Gasteiger partial charge in [-0.3, -0.25) is 10.1 Å². The monoisotopic (exact) mass is 315 g/mol. The Morgan fingerprint density at radius 1 is 1.18 bits per heavy atom. The molecule has 0 aromatic heterocycles. The molecule has 2 aromatic rings. The Bertz CT molecular complexity index is 671. The molecule has 0 bridgehead atoms. The first-order valence-electron chi connectivity index (χ1n) is 6.90. The van der Waals surface area contributed by atoms with Crippen molar-refractivity contribution in [1.82, 2.24) is 5.32 Å². The van der Waals surface area contributed by atoms with Gasteiger partial charge < -0.3 is 10.6 Å². The molecule has 0 aliphatic rings. The first-order chi connectivity index (χ1) is 10.6. The van der Waals surface area contributed by atoms with Crippen molar-refractivity contribution < 1.29 is 4.92 Å². The van der Waals surface area contributed by atoms with Gasteiger partial charge in [-0.15, -0.1) is 0 Å². The molecule has 5 nitrogen and oxygen atoms in total. The Kier molecular flexibility index (Phi) is 5.43. The van der Waals surface area contributed by atoms with Crippen molar-refractivity contribution >= 4 is 28.7 Å². The molecule has 0 atom stereocenters. The molecular weight excluding hydrogens is 298 g/mol. The van der Waals surface area contributed by atoms with Gasteiger partial charge in [-0.1, -0.05) is 24.3 Å². The maximum absolute atomic E-state index is 10.6. The van der Waals surface area contributed by atoms with E-state index in [0.717, 1.165) is 18.7 Å². The number of hydrogen-bond donors (Lipinski definition) is 2. The van der Waals surface area contributed by atoms with Gasteiger partial charge in [0.2, 0.25) is 0 Å². The first kappa shape index (κ1) is 15.9. The van der Waals surface area contributed by atoms with Crippen LogP contribution in [0.5, 0.6) is 0 Å². The van der Waals surface area contributed by atoms with E-state index in [2.05, 4.69) is 29.7 Å². The van der Waals surface area contributed by atoms with Crippen LogP contribution >= 0.6 is 12.2 Å². The van der Waals surface area contributed by atoms with E-state index in [4.69, 9.17) is 12.2 Å². The third kappa shape index (κ3) is 4.53. The molecule has 0 amide bonds. The predicted molar refractivity (Wildman–Crippen MR) is 92.2 cm³/mol. The maximum atomic E-state index is 10.6. The SMILES string of the molecule is Cc1ccccc1CCNC(=S)Nc1ccc([N+](=O)[O-])cc1. The van der Waals surface area contributed by atoms with Gasteiger partial charge in [0.1, 0.15) is 0 Å². The molecule has 0 aliphatic heterocycles. The molecule has 0 saturated heterocycles. The molecular formula is C16H17N3O2S. The van der Waals surface area contributed by atoms with Gasteiger partial charge in [0.15, 0.2) is 5.11 Å². The molecule has 0 saturated carbocycles. The van der Waals surface area contributed by atoms with Crippen LogP contribution in [-0.2, 0) is 6.42 Å². The second-order valence-electron chi connectivity index (χ2n) is 4.86. The zero-order valence-corrected chi connectivity index (χ0v) is 13.0. The Hall–Kier alpha value is -2.47. The molecule has 22 heavy (non-hydrogen) atoms. The lowest BCUT2D eigenvalue weighted by atomic mass is 10.1. The molecule has 2 N–H and O–H groups in total. The Morgan fingerprint density at radius 3 is 2.50 bits per heavy atom. The lowest BCUT2D eigenvalue weighted by molar-refractivity contribution is -0.384. The van der Waals surface area contributed by atoms with E-state index in [1.54, 1.807) is 12.1 Å². The number of non-ortho nitro benzene ring substituents is 1. The number of thiocarbonyl (C=S) groups is 1. The van der Waals surface area contributed by atoms with Crippen LogP contribution in [0.2, 0.25) is 0 Å². The van der Waals surface area contributed by atoms with Gasteiger partial charge in [-0.05, 0) is 48.8 Å². The molecule has 0 spiro atoms. The Balaban J connectivity index is 1.80. The van der Waals surface area contributed by atoms with Crippen molar-refractivity contribution in [2.24, 2.45) is 0 Å². The van der Waals surface area contributed by atoms with Gasteiger partial charge >= 0.3 is 0 Å². The van der Waals surface area contributed by atoms with Crippen LogP contribution in [-0.4, -0.2) is 16.6 Å². The number of aryl methyl sites for hydroxylation is 1. The highest BCUT2D eigenvalue weighted by Crippen LogP contribution is 2.15. The molecule has 0 unspecified atom stereocenters. The van der Waals surface area contributed by atoms with E-state index in [9.17, 15) is 10.1 Å². The fourth-order valence-corrected chi connectivity index (χ4v) is 2.26. The number of rotatable bonds is 5. The van der Waals surface area contributed by atoms with E-state index < -0.39 is 4.92 Å². The van der Waals surface area contributed by atoms with Gasteiger partial charge in [0.05, 0.1) is 4.92 Å². The number of nitrogens with one attached hydrogen (secondary N) is 2. The van der Waals surface area contributed by atoms with Crippen LogP contribution in [0.25, 0.3) is 0 Å². The van der Waals surface area contributed by atoms with E-state index >= 15 is 0 Å². The second-order valence-corrected chi connectivity index (χ2v) is 5.27. The zero-order valence-electron chi connectivity index (χ0n) is 12.2. The molecule has 0 fully saturated rings. The lowest BCUT2D eigenvalue weighted by Crippen LogP contribution is -2.30. The van der Waals surface area contributed by atoms with E-state index in [-0.39, 0.29) is 5.69 Å². The number of nitro groups is 1.